The van der Waals surface area contributed by atoms with E-state index in [4.69, 9.17) is 9.47 Å². The highest BCUT2D eigenvalue weighted by Crippen LogP contribution is 2.38. The number of ketones is 1. The Kier molecular flexibility index (Phi) is 4.09. The van der Waals surface area contributed by atoms with E-state index < -0.39 is 0 Å². The summed E-state index contributed by atoms with van der Waals surface area (Å²) >= 11 is 0. The lowest BCUT2D eigenvalue weighted by Gasteiger charge is -2.26. The van der Waals surface area contributed by atoms with Crippen molar-refractivity contribution in [1.29, 1.82) is 0 Å². The number of carbonyl (C=O) groups excluding carboxylic acids is 1. The third kappa shape index (κ3) is 2.98. The summed E-state index contributed by atoms with van der Waals surface area (Å²) in [5.41, 5.74) is 2.98. The van der Waals surface area contributed by atoms with Crippen molar-refractivity contribution in [1.82, 2.24) is 9.88 Å². The van der Waals surface area contributed by atoms with E-state index in [1.807, 2.05) is 36.5 Å². The Hall–Kier alpha value is -2.79. The quantitative estimate of drug-likeness (QED) is 0.714. The van der Waals surface area contributed by atoms with Crippen molar-refractivity contribution in [3.8, 4) is 11.5 Å². The van der Waals surface area contributed by atoms with Crippen molar-refractivity contribution in [2.45, 2.75) is 18.9 Å². The zero-order valence-electron chi connectivity index (χ0n) is 15.1. The molecule has 3 heterocycles. The number of nitrogens with zero attached hydrogens (tertiary/aromatic N) is 1. The Labute approximate surface area is 157 Å². The van der Waals surface area contributed by atoms with Gasteiger partial charge in [0.2, 0.25) is 0 Å². The summed E-state index contributed by atoms with van der Waals surface area (Å²) in [5, 5.41) is 0.998. The number of ether oxygens (including phenoxy) is 2. The Bertz CT molecular complexity index is 994. The van der Waals surface area contributed by atoms with Crippen LogP contribution in [0.15, 0.2) is 48.7 Å². The second-order valence-corrected chi connectivity index (χ2v) is 7.20. The molecule has 1 aromatic heterocycles. The van der Waals surface area contributed by atoms with E-state index in [-0.39, 0.29) is 11.8 Å². The summed E-state index contributed by atoms with van der Waals surface area (Å²) in [4.78, 5) is 18.5. The number of aromatic amines is 1. The van der Waals surface area contributed by atoms with Crippen LogP contribution in [0.3, 0.4) is 0 Å². The average molecular weight is 362 g/mol. The van der Waals surface area contributed by atoms with Crippen LogP contribution in [-0.2, 0) is 0 Å². The highest BCUT2D eigenvalue weighted by atomic mass is 16.6. The molecule has 27 heavy (non-hydrogen) atoms. The monoisotopic (exact) mass is 362 g/mol. The predicted octanol–water partition coefficient (Wildman–Crippen LogP) is 3.96. The fraction of sp³-hybridized carbons (Fsp3) is 0.318. The standard InChI is InChI=1S/C22H22N2O3/c25-20(17-13-23-18-5-2-1-4-16(17)18)14-24-9-3-6-19(24)15-7-8-21-22(12-15)27-11-10-26-21/h1-2,4-5,7-8,12-13,19,23H,3,6,9-11,14H2/t19-/m1/s1. The molecule has 5 heteroatoms. The molecule has 0 saturated carbocycles. The third-order valence-electron chi connectivity index (χ3n) is 5.55. The number of hydrogen-bond acceptors (Lipinski definition) is 4. The van der Waals surface area contributed by atoms with Gasteiger partial charge >= 0.3 is 0 Å². The lowest BCUT2D eigenvalue weighted by Crippen LogP contribution is -2.29. The van der Waals surface area contributed by atoms with Gasteiger partial charge in [-0.25, -0.2) is 0 Å². The number of carbonyl (C=O) groups is 1. The van der Waals surface area contributed by atoms with E-state index in [1.165, 1.54) is 5.56 Å². The first-order valence-corrected chi connectivity index (χ1v) is 9.52. The number of benzene rings is 2. The van der Waals surface area contributed by atoms with Gasteiger partial charge in [0.15, 0.2) is 17.3 Å². The largest absolute Gasteiger partial charge is 0.486 e. The smallest absolute Gasteiger partial charge is 0.178 e. The van der Waals surface area contributed by atoms with Crippen LogP contribution in [0.1, 0.15) is 34.8 Å². The number of nitrogens with one attached hydrogen (secondary N) is 1. The molecule has 0 spiro atoms. The second kappa shape index (κ2) is 6.74. The Balaban J connectivity index is 1.37. The van der Waals surface area contributed by atoms with Gasteiger partial charge in [-0.2, -0.15) is 0 Å². The van der Waals surface area contributed by atoms with E-state index in [2.05, 4.69) is 22.0 Å². The number of hydrogen-bond donors (Lipinski definition) is 1. The number of H-pyrrole nitrogens is 1. The molecule has 1 N–H and O–H groups in total. The Morgan fingerprint density at radius 1 is 1.11 bits per heavy atom. The molecule has 0 bridgehead atoms. The van der Waals surface area contributed by atoms with Crippen molar-refractivity contribution in [2.24, 2.45) is 0 Å². The Morgan fingerprint density at radius 2 is 1.96 bits per heavy atom. The summed E-state index contributed by atoms with van der Waals surface area (Å²) in [6, 6.07) is 14.4. The van der Waals surface area contributed by atoms with Crippen LogP contribution >= 0.6 is 0 Å². The van der Waals surface area contributed by atoms with Gasteiger partial charge in [-0.15, -0.1) is 0 Å². The highest BCUT2D eigenvalue weighted by molar-refractivity contribution is 6.08. The molecular formula is C22H22N2O3. The van der Waals surface area contributed by atoms with Crippen molar-refractivity contribution in [3.05, 3.63) is 59.8 Å². The van der Waals surface area contributed by atoms with Gasteiger partial charge in [0.25, 0.3) is 0 Å². The maximum absolute atomic E-state index is 13.0. The van der Waals surface area contributed by atoms with Gasteiger partial charge in [-0.05, 0) is 43.1 Å². The highest BCUT2D eigenvalue weighted by Gasteiger charge is 2.29. The minimum Gasteiger partial charge on any atom is -0.486 e. The van der Waals surface area contributed by atoms with Gasteiger partial charge < -0.3 is 14.5 Å². The van der Waals surface area contributed by atoms with Crippen molar-refractivity contribution < 1.29 is 14.3 Å². The van der Waals surface area contributed by atoms with Crippen molar-refractivity contribution in [2.75, 3.05) is 26.3 Å². The summed E-state index contributed by atoms with van der Waals surface area (Å²) in [5.74, 6) is 1.79. The molecule has 0 radical (unpaired) electrons. The molecule has 2 aliphatic heterocycles. The molecule has 2 aromatic carbocycles. The van der Waals surface area contributed by atoms with E-state index in [1.54, 1.807) is 0 Å². The normalized spacial score (nSPS) is 19.5. The number of rotatable bonds is 4. The van der Waals surface area contributed by atoms with Gasteiger partial charge in [0.05, 0.1) is 6.54 Å². The number of aromatic nitrogens is 1. The van der Waals surface area contributed by atoms with Crippen LogP contribution in [-0.4, -0.2) is 42.0 Å². The van der Waals surface area contributed by atoms with E-state index in [0.717, 1.165) is 47.4 Å². The second-order valence-electron chi connectivity index (χ2n) is 7.20. The van der Waals surface area contributed by atoms with Crippen molar-refractivity contribution in [3.63, 3.8) is 0 Å². The number of likely N-dealkylation sites (tertiary alicyclic amines) is 1. The molecule has 138 valence electrons. The van der Waals surface area contributed by atoms with E-state index in [0.29, 0.717) is 19.8 Å². The lowest BCUT2D eigenvalue weighted by atomic mass is 10.0. The molecule has 5 nitrogen and oxygen atoms in total. The molecule has 1 atom stereocenters. The van der Waals surface area contributed by atoms with Gasteiger partial charge in [-0.3, -0.25) is 9.69 Å². The first-order chi connectivity index (χ1) is 13.3. The molecule has 0 amide bonds. The maximum Gasteiger partial charge on any atom is 0.178 e. The number of para-hydroxylation sites is 1. The minimum atomic E-state index is 0.164. The van der Waals surface area contributed by atoms with Crippen molar-refractivity contribution >= 4 is 16.7 Å². The third-order valence-corrected chi connectivity index (χ3v) is 5.55. The fourth-order valence-electron chi connectivity index (χ4n) is 4.23. The topological polar surface area (TPSA) is 54.6 Å². The summed E-state index contributed by atoms with van der Waals surface area (Å²) in [7, 11) is 0. The molecule has 5 rings (SSSR count). The molecule has 1 saturated heterocycles. The number of fused-ring (bicyclic) bond motifs is 2. The zero-order valence-corrected chi connectivity index (χ0v) is 15.1. The van der Waals surface area contributed by atoms with E-state index in [9.17, 15) is 4.79 Å². The summed E-state index contributed by atoms with van der Waals surface area (Å²) < 4.78 is 11.4. The average Bonchev–Trinajstić information content (AvgIpc) is 3.34. The SMILES string of the molecule is O=C(CN1CCC[C@@H]1c1ccc2c(c1)OCCO2)c1c[nH]c2ccccc12. The Morgan fingerprint density at radius 3 is 2.89 bits per heavy atom. The molecule has 0 unspecified atom stereocenters. The van der Waals surface area contributed by atoms with Gasteiger partial charge in [-0.1, -0.05) is 24.3 Å². The number of Topliss-reactive ketones (excluding diaryl/α,β-unsaturated/α-hetero) is 1. The van der Waals surface area contributed by atoms with Crippen LogP contribution in [0.4, 0.5) is 0 Å². The summed E-state index contributed by atoms with van der Waals surface area (Å²) in [6.45, 7) is 2.55. The molecular weight excluding hydrogens is 340 g/mol. The summed E-state index contributed by atoms with van der Waals surface area (Å²) in [6.07, 6.45) is 3.99. The van der Waals surface area contributed by atoms with Gasteiger partial charge in [0, 0.05) is 28.7 Å². The molecule has 0 aliphatic carbocycles. The predicted molar refractivity (Wildman–Crippen MR) is 104 cm³/mol. The lowest BCUT2D eigenvalue weighted by molar-refractivity contribution is 0.0923. The van der Waals surface area contributed by atoms with Crippen LogP contribution in [0, 0.1) is 0 Å². The molecule has 2 aliphatic rings. The van der Waals surface area contributed by atoms with Crippen LogP contribution in [0.5, 0.6) is 11.5 Å². The fourth-order valence-corrected chi connectivity index (χ4v) is 4.23. The van der Waals surface area contributed by atoms with Crippen LogP contribution in [0.25, 0.3) is 10.9 Å². The molecule has 1 fully saturated rings. The van der Waals surface area contributed by atoms with Crippen LogP contribution < -0.4 is 9.47 Å². The first kappa shape index (κ1) is 16.4. The maximum atomic E-state index is 13.0. The first-order valence-electron chi connectivity index (χ1n) is 9.52. The van der Waals surface area contributed by atoms with Crippen LogP contribution in [0.2, 0.25) is 0 Å². The van der Waals surface area contributed by atoms with E-state index >= 15 is 0 Å². The molecule has 3 aromatic rings. The van der Waals surface area contributed by atoms with Gasteiger partial charge in [0.1, 0.15) is 13.2 Å². The zero-order chi connectivity index (χ0) is 18.2. The minimum absolute atomic E-state index is 0.164.